The Labute approximate surface area is 114 Å². The van der Waals surface area contributed by atoms with Crippen LogP contribution >= 0.6 is 0 Å². The first-order valence-corrected chi connectivity index (χ1v) is 7.94. The number of aryl methyl sites for hydroxylation is 1. The molecule has 0 spiro atoms. The zero-order chi connectivity index (χ0) is 14.0. The molecule has 0 amide bonds. The molecule has 1 aliphatic heterocycles. The van der Waals surface area contributed by atoms with Crippen molar-refractivity contribution in [2.45, 2.75) is 26.7 Å². The average molecular weight is 284 g/mol. The molecule has 0 aliphatic carbocycles. The lowest BCUT2D eigenvalue weighted by molar-refractivity contribution is 0.472. The predicted octanol–water partition coefficient (Wildman–Crippen LogP) is 1.64. The minimum Gasteiger partial charge on any atom is -0.506 e. The second kappa shape index (κ2) is 5.38. The highest BCUT2D eigenvalue weighted by molar-refractivity contribution is 7.90. The van der Waals surface area contributed by atoms with E-state index in [0.717, 1.165) is 18.4 Å². The summed E-state index contributed by atoms with van der Waals surface area (Å²) >= 11 is 0. The Morgan fingerprint density at radius 3 is 2.84 bits per heavy atom. The number of phenolic OH excluding ortho intramolecular Hbond substituents is 1. The van der Waals surface area contributed by atoms with Gasteiger partial charge in [0.15, 0.2) is 0 Å². The molecule has 2 rings (SSSR count). The van der Waals surface area contributed by atoms with Crippen LogP contribution in [-0.2, 0) is 16.6 Å². The van der Waals surface area contributed by atoms with Crippen LogP contribution in [0, 0.1) is 5.92 Å². The van der Waals surface area contributed by atoms with Crippen molar-refractivity contribution in [3.05, 3.63) is 23.8 Å². The van der Waals surface area contributed by atoms with Crippen LogP contribution in [0.15, 0.2) is 18.2 Å². The maximum absolute atomic E-state index is 12.3. The zero-order valence-corrected chi connectivity index (χ0v) is 12.1. The summed E-state index contributed by atoms with van der Waals surface area (Å²) < 4.78 is 28.5. The summed E-state index contributed by atoms with van der Waals surface area (Å²) in [4.78, 5) is 0. The van der Waals surface area contributed by atoms with E-state index in [1.807, 2.05) is 19.9 Å². The van der Waals surface area contributed by atoms with Crippen LogP contribution < -0.4 is 9.03 Å². The molecule has 19 heavy (non-hydrogen) atoms. The van der Waals surface area contributed by atoms with E-state index in [4.69, 9.17) is 0 Å². The number of anilines is 1. The third-order valence-electron chi connectivity index (χ3n) is 3.12. The van der Waals surface area contributed by atoms with E-state index in [1.54, 1.807) is 6.07 Å². The zero-order valence-electron chi connectivity index (χ0n) is 11.3. The summed E-state index contributed by atoms with van der Waals surface area (Å²) in [5.41, 5.74) is 1.30. The number of nitrogens with one attached hydrogen (secondary N) is 1. The fourth-order valence-electron chi connectivity index (χ4n) is 2.18. The summed E-state index contributed by atoms with van der Waals surface area (Å²) in [7, 11) is -3.59. The smallest absolute Gasteiger partial charge is 0.301 e. The van der Waals surface area contributed by atoms with E-state index >= 15 is 0 Å². The standard InChI is InChI=1S/C13H20N2O3S/c1-10(2)9-14-19(17,18)15-8-4-6-11-5-3-7-12(16)13(11)15/h3,5,7,10,14,16H,4,6,8-9H2,1-2H3. The quantitative estimate of drug-likeness (QED) is 0.883. The van der Waals surface area contributed by atoms with Gasteiger partial charge in [0.2, 0.25) is 0 Å². The van der Waals surface area contributed by atoms with Crippen LogP contribution in [0.5, 0.6) is 5.75 Å². The van der Waals surface area contributed by atoms with Crippen molar-refractivity contribution in [2.75, 3.05) is 17.4 Å². The number of fused-ring (bicyclic) bond motifs is 1. The molecular weight excluding hydrogens is 264 g/mol. The monoisotopic (exact) mass is 284 g/mol. The Balaban J connectivity index is 2.33. The average Bonchev–Trinajstić information content (AvgIpc) is 2.36. The van der Waals surface area contributed by atoms with Gasteiger partial charge in [0.1, 0.15) is 5.75 Å². The molecule has 106 valence electrons. The van der Waals surface area contributed by atoms with Crippen LogP contribution in [0.3, 0.4) is 0 Å². The second-order valence-electron chi connectivity index (χ2n) is 5.21. The number of aromatic hydroxyl groups is 1. The van der Waals surface area contributed by atoms with Gasteiger partial charge in [-0.05, 0) is 30.4 Å². The number of nitrogens with zero attached hydrogens (tertiary/aromatic N) is 1. The van der Waals surface area contributed by atoms with Crippen LogP contribution in [0.4, 0.5) is 5.69 Å². The summed E-state index contributed by atoms with van der Waals surface area (Å²) in [6, 6.07) is 5.13. The molecule has 2 N–H and O–H groups in total. The van der Waals surface area contributed by atoms with Gasteiger partial charge < -0.3 is 5.11 Å². The number of benzene rings is 1. The van der Waals surface area contributed by atoms with Gasteiger partial charge in [0.25, 0.3) is 0 Å². The highest BCUT2D eigenvalue weighted by Gasteiger charge is 2.29. The molecule has 0 unspecified atom stereocenters. The van der Waals surface area contributed by atoms with Crippen molar-refractivity contribution in [3.63, 3.8) is 0 Å². The molecule has 1 aromatic rings. The lowest BCUT2D eigenvalue weighted by atomic mass is 10.0. The number of hydrogen-bond donors (Lipinski definition) is 2. The second-order valence-corrected chi connectivity index (χ2v) is 6.89. The Hall–Kier alpha value is -1.27. The summed E-state index contributed by atoms with van der Waals surface area (Å²) in [6.45, 7) is 4.69. The van der Waals surface area contributed by atoms with Crippen molar-refractivity contribution < 1.29 is 13.5 Å². The highest BCUT2D eigenvalue weighted by Crippen LogP contribution is 2.36. The fraction of sp³-hybridized carbons (Fsp3) is 0.538. The molecule has 0 saturated carbocycles. The van der Waals surface area contributed by atoms with Crippen molar-refractivity contribution in [3.8, 4) is 5.75 Å². The van der Waals surface area contributed by atoms with Gasteiger partial charge in [-0.3, -0.25) is 4.31 Å². The third kappa shape index (κ3) is 3.01. The first-order valence-electron chi connectivity index (χ1n) is 6.50. The molecular formula is C13H20N2O3S. The van der Waals surface area contributed by atoms with E-state index in [-0.39, 0.29) is 11.7 Å². The Kier molecular flexibility index (Phi) is 4.01. The third-order valence-corrected chi connectivity index (χ3v) is 4.60. The molecule has 1 aliphatic rings. The Bertz CT molecular complexity index is 555. The first-order chi connectivity index (χ1) is 8.92. The molecule has 1 heterocycles. The van der Waals surface area contributed by atoms with Gasteiger partial charge >= 0.3 is 10.2 Å². The summed E-state index contributed by atoms with van der Waals surface area (Å²) in [5.74, 6) is 0.260. The number of hydrogen-bond acceptors (Lipinski definition) is 3. The van der Waals surface area contributed by atoms with Crippen LogP contribution in [-0.4, -0.2) is 26.6 Å². The van der Waals surface area contributed by atoms with Crippen LogP contribution in [0.2, 0.25) is 0 Å². The van der Waals surface area contributed by atoms with Crippen LogP contribution in [0.1, 0.15) is 25.8 Å². The lowest BCUT2D eigenvalue weighted by Crippen LogP contribution is -2.44. The van der Waals surface area contributed by atoms with Crippen molar-refractivity contribution in [2.24, 2.45) is 5.92 Å². The molecule has 5 nitrogen and oxygen atoms in total. The lowest BCUT2D eigenvalue weighted by Gasteiger charge is -2.31. The number of phenols is 1. The van der Waals surface area contributed by atoms with Crippen LogP contribution in [0.25, 0.3) is 0 Å². The summed E-state index contributed by atoms with van der Waals surface area (Å²) in [6.07, 6.45) is 1.55. The van der Waals surface area contributed by atoms with E-state index in [0.29, 0.717) is 18.8 Å². The maximum atomic E-state index is 12.3. The van der Waals surface area contributed by atoms with Crippen molar-refractivity contribution >= 4 is 15.9 Å². The van der Waals surface area contributed by atoms with Gasteiger partial charge in [-0.1, -0.05) is 26.0 Å². The molecule has 0 fully saturated rings. The largest absolute Gasteiger partial charge is 0.506 e. The summed E-state index contributed by atoms with van der Waals surface area (Å²) in [5, 5.41) is 9.93. The molecule has 0 bridgehead atoms. The van der Waals surface area contributed by atoms with Gasteiger partial charge in [0.05, 0.1) is 5.69 Å². The predicted molar refractivity (Wildman–Crippen MR) is 75.5 cm³/mol. The van der Waals surface area contributed by atoms with Gasteiger partial charge in [-0.25, -0.2) is 0 Å². The highest BCUT2D eigenvalue weighted by atomic mass is 32.2. The Morgan fingerprint density at radius 2 is 2.16 bits per heavy atom. The molecule has 1 aromatic carbocycles. The number of rotatable bonds is 4. The van der Waals surface area contributed by atoms with Crippen molar-refractivity contribution in [1.82, 2.24) is 4.72 Å². The van der Waals surface area contributed by atoms with E-state index < -0.39 is 10.2 Å². The SMILES string of the molecule is CC(C)CNS(=O)(=O)N1CCCc2cccc(O)c21. The van der Waals surface area contributed by atoms with E-state index in [9.17, 15) is 13.5 Å². The van der Waals surface area contributed by atoms with Gasteiger partial charge in [0, 0.05) is 13.1 Å². The molecule has 0 saturated heterocycles. The van der Waals surface area contributed by atoms with Gasteiger partial charge in [-0.15, -0.1) is 0 Å². The maximum Gasteiger partial charge on any atom is 0.301 e. The normalized spacial score (nSPS) is 15.6. The van der Waals surface area contributed by atoms with E-state index in [2.05, 4.69) is 4.72 Å². The molecule has 0 radical (unpaired) electrons. The minimum absolute atomic E-state index is 0.0205. The number of para-hydroxylation sites is 1. The first kappa shape index (κ1) is 14.1. The van der Waals surface area contributed by atoms with E-state index in [1.165, 1.54) is 10.4 Å². The minimum atomic E-state index is -3.59. The Morgan fingerprint density at radius 1 is 1.42 bits per heavy atom. The topological polar surface area (TPSA) is 69.6 Å². The molecule has 0 aromatic heterocycles. The molecule has 6 heteroatoms. The van der Waals surface area contributed by atoms with Crippen molar-refractivity contribution in [1.29, 1.82) is 0 Å². The fourth-order valence-corrected chi connectivity index (χ4v) is 3.70. The molecule has 0 atom stereocenters. The van der Waals surface area contributed by atoms with Gasteiger partial charge in [-0.2, -0.15) is 13.1 Å².